The molecule has 0 unspecified atom stereocenters. The molecule has 1 heterocycles. The van der Waals surface area contributed by atoms with Crippen LogP contribution in [0.4, 0.5) is 0 Å². The van der Waals surface area contributed by atoms with Crippen LogP contribution in [0.2, 0.25) is 0 Å². The highest BCUT2D eigenvalue weighted by Crippen LogP contribution is 2.29. The van der Waals surface area contributed by atoms with Crippen molar-refractivity contribution in [3.63, 3.8) is 0 Å². The van der Waals surface area contributed by atoms with E-state index in [9.17, 15) is 14.4 Å². The van der Waals surface area contributed by atoms with E-state index in [0.717, 1.165) is 5.56 Å². The van der Waals surface area contributed by atoms with Gasteiger partial charge in [0.2, 0.25) is 5.88 Å². The van der Waals surface area contributed by atoms with Crippen molar-refractivity contribution in [3.8, 4) is 17.0 Å². The Balaban J connectivity index is 2.00. The van der Waals surface area contributed by atoms with Crippen LogP contribution in [0.1, 0.15) is 36.8 Å². The summed E-state index contributed by atoms with van der Waals surface area (Å²) in [6.07, 6.45) is 1.23. The van der Waals surface area contributed by atoms with Crippen molar-refractivity contribution in [1.82, 2.24) is 4.98 Å². The summed E-state index contributed by atoms with van der Waals surface area (Å²) in [6, 6.07) is 17.1. The molecule has 1 aromatic heterocycles. The minimum Gasteiger partial charge on any atom is -0.481 e. The van der Waals surface area contributed by atoms with Gasteiger partial charge in [-0.1, -0.05) is 42.5 Å². The number of carbonyl (C=O) groups is 3. The summed E-state index contributed by atoms with van der Waals surface area (Å²) in [4.78, 5) is 39.5. The molecule has 3 rings (SSSR count). The molecule has 0 saturated carbocycles. The van der Waals surface area contributed by atoms with Crippen molar-refractivity contribution < 1.29 is 23.9 Å². The fourth-order valence-corrected chi connectivity index (χ4v) is 2.73. The number of pyridine rings is 1. The summed E-state index contributed by atoms with van der Waals surface area (Å²) >= 11 is 0. The molecule has 3 aromatic rings. The second-order valence-electron chi connectivity index (χ2n) is 5.89. The van der Waals surface area contributed by atoms with Crippen LogP contribution >= 0.6 is 0 Å². The average molecular weight is 375 g/mol. The van der Waals surface area contributed by atoms with Crippen molar-refractivity contribution in [2.24, 2.45) is 0 Å². The maximum absolute atomic E-state index is 12.7. The van der Waals surface area contributed by atoms with Gasteiger partial charge < -0.3 is 9.47 Å². The van der Waals surface area contributed by atoms with Crippen LogP contribution in [0, 0.1) is 0 Å². The number of carbonyl (C=O) groups excluding carboxylic acids is 3. The van der Waals surface area contributed by atoms with E-state index in [2.05, 4.69) is 4.98 Å². The van der Waals surface area contributed by atoms with Crippen LogP contribution in [0.15, 0.2) is 60.7 Å². The van der Waals surface area contributed by atoms with E-state index in [1.165, 1.54) is 13.2 Å². The molecule has 0 saturated heterocycles. The lowest BCUT2D eigenvalue weighted by Crippen LogP contribution is -2.09. The van der Waals surface area contributed by atoms with Gasteiger partial charge in [0.15, 0.2) is 6.29 Å². The molecule has 6 nitrogen and oxygen atoms in total. The van der Waals surface area contributed by atoms with Gasteiger partial charge in [-0.15, -0.1) is 0 Å². The lowest BCUT2D eigenvalue weighted by molar-refractivity contribution is 0.0473. The van der Waals surface area contributed by atoms with Gasteiger partial charge in [0.25, 0.3) is 0 Å². The van der Waals surface area contributed by atoms with E-state index in [1.54, 1.807) is 24.3 Å². The molecule has 0 bridgehead atoms. The average Bonchev–Trinajstić information content (AvgIpc) is 2.77. The topological polar surface area (TPSA) is 82.6 Å². The van der Waals surface area contributed by atoms with Gasteiger partial charge in [-0.3, -0.25) is 9.59 Å². The third-order valence-electron chi connectivity index (χ3n) is 4.12. The van der Waals surface area contributed by atoms with Crippen molar-refractivity contribution in [2.45, 2.75) is 6.61 Å². The number of aldehydes is 2. The molecule has 0 aliphatic rings. The van der Waals surface area contributed by atoms with Gasteiger partial charge >= 0.3 is 5.97 Å². The van der Waals surface area contributed by atoms with Crippen LogP contribution in [0.5, 0.6) is 5.88 Å². The minimum absolute atomic E-state index is 0.0891. The summed E-state index contributed by atoms with van der Waals surface area (Å²) in [5, 5.41) is 0. The van der Waals surface area contributed by atoms with E-state index in [1.807, 2.05) is 30.3 Å². The zero-order valence-corrected chi connectivity index (χ0v) is 15.1. The van der Waals surface area contributed by atoms with Crippen LogP contribution in [-0.2, 0) is 11.3 Å². The van der Waals surface area contributed by atoms with Gasteiger partial charge in [-0.2, -0.15) is 0 Å². The summed E-state index contributed by atoms with van der Waals surface area (Å²) in [5.74, 6) is -0.321. The zero-order valence-electron chi connectivity index (χ0n) is 15.1. The molecule has 0 aliphatic carbocycles. The molecule has 6 heteroatoms. The fourth-order valence-electron chi connectivity index (χ4n) is 2.73. The molecule has 0 N–H and O–H groups in total. The Hall–Kier alpha value is -3.80. The van der Waals surface area contributed by atoms with Crippen molar-refractivity contribution in [1.29, 1.82) is 0 Å². The van der Waals surface area contributed by atoms with E-state index in [-0.39, 0.29) is 23.7 Å². The number of hydrogen-bond acceptors (Lipinski definition) is 6. The Labute approximate surface area is 161 Å². The first kappa shape index (κ1) is 19.0. The molecular weight excluding hydrogens is 358 g/mol. The van der Waals surface area contributed by atoms with Crippen molar-refractivity contribution in [2.75, 3.05) is 7.11 Å². The SMILES string of the molecule is COc1ccc(-c2ccc(C=O)cc2C(=O)OCc2ccccc2)c(C=O)n1. The summed E-state index contributed by atoms with van der Waals surface area (Å²) in [6.45, 7) is 0.0891. The molecule has 2 aromatic carbocycles. The summed E-state index contributed by atoms with van der Waals surface area (Å²) in [7, 11) is 1.45. The first-order chi connectivity index (χ1) is 13.7. The quantitative estimate of drug-likeness (QED) is 0.462. The first-order valence-electron chi connectivity index (χ1n) is 8.47. The zero-order chi connectivity index (χ0) is 19.9. The molecule has 28 heavy (non-hydrogen) atoms. The number of rotatable bonds is 7. The molecule has 0 amide bonds. The van der Waals surface area contributed by atoms with Crippen LogP contribution in [0.25, 0.3) is 11.1 Å². The highest BCUT2D eigenvalue weighted by Gasteiger charge is 2.18. The molecule has 140 valence electrons. The van der Waals surface area contributed by atoms with Gasteiger partial charge in [-0.05, 0) is 23.3 Å². The normalized spacial score (nSPS) is 10.2. The van der Waals surface area contributed by atoms with Crippen LogP contribution in [0.3, 0.4) is 0 Å². The maximum atomic E-state index is 12.7. The molecule has 0 aliphatic heterocycles. The predicted molar refractivity (Wildman–Crippen MR) is 103 cm³/mol. The smallest absolute Gasteiger partial charge is 0.339 e. The molecule has 0 radical (unpaired) electrons. The number of benzene rings is 2. The van der Waals surface area contributed by atoms with Gasteiger partial charge in [0.1, 0.15) is 18.6 Å². The monoisotopic (exact) mass is 375 g/mol. The Morgan fingerprint density at radius 3 is 2.39 bits per heavy atom. The fraction of sp³-hybridized carbons (Fsp3) is 0.0909. The summed E-state index contributed by atoms with van der Waals surface area (Å²) in [5.41, 5.74) is 2.35. The Morgan fingerprint density at radius 1 is 0.964 bits per heavy atom. The van der Waals surface area contributed by atoms with Crippen molar-refractivity contribution in [3.05, 3.63) is 83.0 Å². The Bertz CT molecular complexity index is 1010. The number of esters is 1. The second-order valence-corrected chi connectivity index (χ2v) is 5.89. The van der Waals surface area contributed by atoms with E-state index in [4.69, 9.17) is 9.47 Å². The number of ether oxygens (including phenoxy) is 2. The van der Waals surface area contributed by atoms with E-state index >= 15 is 0 Å². The Morgan fingerprint density at radius 2 is 1.71 bits per heavy atom. The standard InChI is InChI=1S/C22H17NO5/c1-27-21-10-9-18(20(13-25)23-21)17-8-7-16(12-24)11-19(17)22(26)28-14-15-5-3-2-4-6-15/h2-13H,14H2,1H3. The third-order valence-corrected chi connectivity index (χ3v) is 4.12. The number of aromatic nitrogens is 1. The highest BCUT2D eigenvalue weighted by molar-refractivity contribution is 6.01. The highest BCUT2D eigenvalue weighted by atomic mass is 16.5. The minimum atomic E-state index is -0.602. The first-order valence-corrected chi connectivity index (χ1v) is 8.47. The molecule has 0 spiro atoms. The van der Waals surface area contributed by atoms with Gasteiger partial charge in [0.05, 0.1) is 12.7 Å². The number of methoxy groups -OCH3 is 1. The van der Waals surface area contributed by atoms with Crippen molar-refractivity contribution >= 4 is 18.5 Å². The van der Waals surface area contributed by atoms with Gasteiger partial charge in [-0.25, -0.2) is 9.78 Å². The van der Waals surface area contributed by atoms with Crippen LogP contribution in [-0.4, -0.2) is 30.6 Å². The van der Waals surface area contributed by atoms with E-state index in [0.29, 0.717) is 29.3 Å². The lowest BCUT2D eigenvalue weighted by atomic mass is 9.96. The lowest BCUT2D eigenvalue weighted by Gasteiger charge is -2.12. The largest absolute Gasteiger partial charge is 0.481 e. The van der Waals surface area contributed by atoms with Crippen LogP contribution < -0.4 is 4.74 Å². The second kappa shape index (κ2) is 8.73. The number of nitrogens with zero attached hydrogens (tertiary/aromatic N) is 1. The molecule has 0 atom stereocenters. The number of hydrogen-bond donors (Lipinski definition) is 0. The van der Waals surface area contributed by atoms with Gasteiger partial charge in [0, 0.05) is 17.2 Å². The maximum Gasteiger partial charge on any atom is 0.339 e. The predicted octanol–water partition coefficient (Wildman–Crippen LogP) is 3.74. The molecule has 0 fully saturated rings. The Kier molecular flexibility index (Phi) is 5.91. The summed E-state index contributed by atoms with van der Waals surface area (Å²) < 4.78 is 10.4. The molecular formula is C22H17NO5. The van der Waals surface area contributed by atoms with E-state index < -0.39 is 5.97 Å². The third kappa shape index (κ3) is 4.12.